The van der Waals surface area contributed by atoms with Gasteiger partial charge in [-0.1, -0.05) is 107 Å². The molecule has 1 aromatic heterocycles. The zero-order valence-electron chi connectivity index (χ0n) is 57.4. The number of aliphatic hydroxyl groups is 2. The Morgan fingerprint density at radius 2 is 1.40 bits per heavy atom. The van der Waals surface area contributed by atoms with Gasteiger partial charge in [0, 0.05) is 49.1 Å². The van der Waals surface area contributed by atoms with Crippen LogP contribution in [0.2, 0.25) is 0 Å². The van der Waals surface area contributed by atoms with Gasteiger partial charge in [0.1, 0.15) is 65.4 Å². The number of aliphatic carboxylic acids is 2. The Labute approximate surface area is 605 Å². The maximum atomic E-state index is 15.6. The van der Waals surface area contributed by atoms with Crippen molar-refractivity contribution >= 4 is 98.5 Å². The van der Waals surface area contributed by atoms with Crippen LogP contribution in [0.15, 0.2) is 110 Å². The second-order valence-corrected chi connectivity index (χ2v) is 27.3. The maximum absolute atomic E-state index is 15.6. The van der Waals surface area contributed by atoms with Crippen molar-refractivity contribution in [2.24, 2.45) is 11.5 Å². The normalized spacial score (nSPS) is 17.6. The third-order valence-corrected chi connectivity index (χ3v) is 19.1. The van der Waals surface area contributed by atoms with Crippen molar-refractivity contribution in [3.8, 4) is 16.9 Å². The number of carbonyl (C=O) groups is 13. The van der Waals surface area contributed by atoms with E-state index < -0.39 is 188 Å². The zero-order valence-corrected chi connectivity index (χ0v) is 59.0. The molecule has 0 spiro atoms. The summed E-state index contributed by atoms with van der Waals surface area (Å²) in [4.78, 5) is 184. The van der Waals surface area contributed by atoms with E-state index in [9.17, 15) is 82.8 Å². The Balaban J connectivity index is 1.21. The Kier molecular flexibility index (Phi) is 32.0. The number of hydrogen-bond acceptors (Lipinski definition) is 20. The van der Waals surface area contributed by atoms with Crippen LogP contribution in [-0.2, 0) is 94.4 Å². The Morgan fingerprint density at radius 3 is 2.04 bits per heavy atom. The topological polar surface area (TPSA) is 513 Å². The first-order chi connectivity index (χ1) is 49.5. The number of nitrogens with zero attached hydrogens (tertiary/aromatic N) is 1. The summed E-state index contributed by atoms with van der Waals surface area (Å²) in [5.41, 5.74) is 14.0. The van der Waals surface area contributed by atoms with Gasteiger partial charge >= 0.3 is 11.9 Å². The average molecular weight is 1480 g/mol. The van der Waals surface area contributed by atoms with E-state index in [0.29, 0.717) is 36.3 Å². The summed E-state index contributed by atoms with van der Waals surface area (Å²) in [5.74, 6) is -15.9. The molecule has 1 fully saturated rings. The fourth-order valence-electron chi connectivity index (χ4n) is 10.8. The van der Waals surface area contributed by atoms with Gasteiger partial charge in [-0.3, -0.25) is 62.3 Å². The summed E-state index contributed by atoms with van der Waals surface area (Å²) in [7, 11) is 3.33. The average Bonchev–Trinajstić information content (AvgIpc) is 0.875. The monoisotopic (exact) mass is 1480 g/mol. The first-order valence-corrected chi connectivity index (χ1v) is 35.5. The third-order valence-electron chi connectivity index (χ3n) is 16.6. The van der Waals surface area contributed by atoms with Crippen LogP contribution in [0.4, 0.5) is 4.39 Å². The number of aliphatic hydroxyl groups excluding tert-OH is 2. The zero-order chi connectivity index (χ0) is 76.2. The number of methoxy groups -OCH3 is 1. The lowest BCUT2D eigenvalue weighted by atomic mass is 9.90. The molecule has 35 heteroatoms. The molecule has 1 saturated heterocycles. The summed E-state index contributed by atoms with van der Waals surface area (Å²) < 4.78 is 21.0. The molecule has 4 aromatic carbocycles. The quantitative estimate of drug-likeness (QED) is 0.0208. The molecule has 0 unspecified atom stereocenters. The predicted octanol–water partition coefficient (Wildman–Crippen LogP) is -1.37. The summed E-state index contributed by atoms with van der Waals surface area (Å²) in [6.45, 7) is 1.98. The number of aromatic amines is 1. The van der Waals surface area contributed by atoms with Crippen LogP contribution in [-0.4, -0.2) is 205 Å². The van der Waals surface area contributed by atoms with Crippen LogP contribution in [0.5, 0.6) is 5.75 Å². The molecule has 0 radical (unpaired) electrons. The van der Waals surface area contributed by atoms with Gasteiger partial charge in [-0.15, -0.1) is 0 Å². The van der Waals surface area contributed by atoms with Gasteiger partial charge in [0.25, 0.3) is 0 Å². The molecule has 6 rings (SSSR count). The lowest BCUT2D eigenvalue weighted by Crippen LogP contribution is -2.66. The molecular formula is C69H87FN14O18S2. The molecule has 32 nitrogen and oxygen atoms in total. The molecule has 560 valence electrons. The van der Waals surface area contributed by atoms with Crippen LogP contribution in [0.1, 0.15) is 80.8 Å². The summed E-state index contributed by atoms with van der Waals surface area (Å²) >= 11 is 0. The Bertz CT molecular complexity index is 3840. The van der Waals surface area contributed by atoms with E-state index in [0.717, 1.165) is 63.8 Å². The molecule has 0 bridgehead atoms. The number of amides is 11. The number of nitrogens with one attached hydrogen (secondary N) is 11. The number of nitrogens with two attached hydrogens (primary N) is 2. The van der Waals surface area contributed by atoms with E-state index in [4.69, 9.17) is 16.2 Å². The van der Waals surface area contributed by atoms with Crippen molar-refractivity contribution in [3.05, 3.63) is 143 Å². The lowest BCUT2D eigenvalue weighted by Gasteiger charge is -2.34. The first-order valence-electron chi connectivity index (χ1n) is 33.1. The third kappa shape index (κ3) is 25.5. The lowest BCUT2D eigenvalue weighted by molar-refractivity contribution is -0.142. The number of aromatic nitrogens is 2. The molecule has 0 saturated carbocycles. The molecule has 19 N–H and O–H groups in total. The Morgan fingerprint density at radius 1 is 0.750 bits per heavy atom. The highest BCUT2D eigenvalue weighted by Gasteiger charge is 2.42. The summed E-state index contributed by atoms with van der Waals surface area (Å²) in [5, 5.41) is 65.1. The SMILES string of the molecule is CCc1cc(OC)ccc1-c1ccc(C[C@H](NC(=O)[C@H](CC(=O)O)NC(=O)[C@H](CO)NC(=O)[C@@H](NC(=O)[C@](C)(Cc2ccccc2F)NC(=O)[C@@H]2CSSC[C@H](NC(=O)[C@@H](N)Cc3cnc[nH]3)C(=O)N[C@@H](CCC(=O)O)C(=O)NCC(=O)N2)[C@@H](C)O)C(=O)N[C@@H](CCCc2ccccc2)C(N)=O)cc1. The highest BCUT2D eigenvalue weighted by molar-refractivity contribution is 8.76. The van der Waals surface area contributed by atoms with E-state index in [1.165, 1.54) is 30.7 Å². The number of imidazole rings is 1. The predicted molar refractivity (Wildman–Crippen MR) is 378 cm³/mol. The van der Waals surface area contributed by atoms with Crippen LogP contribution in [0, 0.1) is 5.82 Å². The molecule has 11 amide bonds. The highest BCUT2D eigenvalue weighted by atomic mass is 33.1. The molecule has 104 heavy (non-hydrogen) atoms. The van der Waals surface area contributed by atoms with Crippen LogP contribution < -0.4 is 69.4 Å². The van der Waals surface area contributed by atoms with Crippen LogP contribution in [0.25, 0.3) is 11.1 Å². The molecule has 0 aliphatic carbocycles. The Hall–Kier alpha value is -10.5. The van der Waals surface area contributed by atoms with E-state index in [1.807, 2.05) is 49.4 Å². The second-order valence-electron chi connectivity index (χ2n) is 24.7. The van der Waals surface area contributed by atoms with Crippen LogP contribution in [0.3, 0.4) is 0 Å². The van der Waals surface area contributed by atoms with E-state index in [-0.39, 0.29) is 36.3 Å². The number of halogens is 1. The second kappa shape index (κ2) is 40.4. The van der Waals surface area contributed by atoms with Crippen molar-refractivity contribution < 1.29 is 91.9 Å². The number of carboxylic acid groups (broad SMARTS) is 2. The molecular weight excluding hydrogens is 1400 g/mol. The van der Waals surface area contributed by atoms with Crippen molar-refractivity contribution in [3.63, 3.8) is 0 Å². The van der Waals surface area contributed by atoms with Gasteiger partial charge in [0.05, 0.1) is 45.2 Å². The molecule has 1 aliphatic heterocycles. The fourth-order valence-corrected chi connectivity index (χ4v) is 13.2. The van der Waals surface area contributed by atoms with E-state index >= 15 is 4.39 Å². The van der Waals surface area contributed by atoms with Crippen molar-refractivity contribution in [2.75, 3.05) is 31.8 Å². The number of H-pyrrole nitrogens is 1. The number of carbonyl (C=O) groups excluding carboxylic acids is 11. The first kappa shape index (κ1) is 82.5. The molecule has 2 heterocycles. The molecule has 5 aromatic rings. The maximum Gasteiger partial charge on any atom is 0.305 e. The van der Waals surface area contributed by atoms with Gasteiger partial charge in [-0.05, 0) is 97.5 Å². The van der Waals surface area contributed by atoms with Gasteiger partial charge in [0.15, 0.2) is 0 Å². The standard InChI is InChI=1S/C69H87FN14O18S2/c1-5-40-27-44(102-4)22-23-45(40)41-20-18-39(19-21-41)26-50(62(95)77-48(59(72)92)17-11-14-38-12-7-6-8-13-38)79-63(96)51(29-57(90)91)80-64(97)52(33-85)81-67(100)58(37(2)86)83-68(101)69(3,30-42-15-9-10-16-46(42)70)84-66(99)54-35-104-103-34-53(82-60(93)47(71)28-43-31-73-36-75-43)65(98)78-49(24-25-56(88)89)61(94)74-32-55(87)76-54/h6-10,12-13,15-16,18-23,27,31,36-37,47-54,58,85-86H,5,11,14,17,24-26,28-30,32-35,71H2,1-4H3,(H2,72,92)(H,73,75)(H,74,94)(H,76,87)(H,77,95)(H,78,98)(H,79,96)(H,80,97)(H,81,100)(H,82,93)(H,83,101)(H,84,99)(H,88,89)(H,90,91)/t37-,47+,48+,49+,50+,51+,52+,53+,54+,58+,69+/m1/s1. The number of rotatable bonds is 35. The number of hydrogen-bond donors (Lipinski definition) is 17. The largest absolute Gasteiger partial charge is 0.497 e. The van der Waals surface area contributed by atoms with Crippen LogP contribution >= 0.6 is 21.6 Å². The minimum Gasteiger partial charge on any atom is -0.497 e. The summed E-state index contributed by atoms with van der Waals surface area (Å²) in [6.07, 6.45) is -0.671. The van der Waals surface area contributed by atoms with Gasteiger partial charge < -0.3 is 94.8 Å². The van der Waals surface area contributed by atoms with Gasteiger partial charge in [-0.2, -0.15) is 0 Å². The smallest absolute Gasteiger partial charge is 0.305 e. The number of ether oxygens (including phenoxy) is 1. The van der Waals surface area contributed by atoms with Gasteiger partial charge in [0.2, 0.25) is 65.0 Å². The number of carboxylic acids is 2. The molecule has 1 aliphatic rings. The summed E-state index contributed by atoms with van der Waals surface area (Å²) in [6, 6.07) is 11.9. The van der Waals surface area contributed by atoms with Crippen molar-refractivity contribution in [1.82, 2.24) is 63.1 Å². The van der Waals surface area contributed by atoms with Crippen molar-refractivity contribution in [2.45, 2.75) is 151 Å². The minimum absolute atomic E-state index is 0.0352. The van der Waals surface area contributed by atoms with E-state index in [1.54, 1.807) is 37.4 Å². The number of primary amides is 1. The van der Waals surface area contributed by atoms with E-state index in [2.05, 4.69) is 63.1 Å². The highest BCUT2D eigenvalue weighted by Crippen LogP contribution is 2.29. The molecule has 11 atom stereocenters. The fraction of sp³-hybridized carbons (Fsp3) is 0.420. The number of aryl methyl sites for hydroxylation is 2. The van der Waals surface area contributed by atoms with Crippen molar-refractivity contribution in [1.29, 1.82) is 0 Å². The minimum atomic E-state index is -2.36. The van der Waals surface area contributed by atoms with Gasteiger partial charge in [-0.25, -0.2) is 9.37 Å². The number of benzene rings is 4.